The third-order valence-corrected chi connectivity index (χ3v) is 3.02. The molecule has 4 heteroatoms. The molecule has 0 aliphatic heterocycles. The largest absolute Gasteiger partial charge is 0.496 e. The van der Waals surface area contributed by atoms with Crippen LogP contribution in [0.2, 0.25) is 0 Å². The van der Waals surface area contributed by atoms with Crippen molar-refractivity contribution in [2.45, 2.75) is 0 Å². The van der Waals surface area contributed by atoms with E-state index in [4.69, 9.17) is 9.26 Å². The number of ether oxygens (including phenoxy) is 1. The predicted octanol–water partition coefficient (Wildman–Crippen LogP) is 3.92. The minimum absolute atomic E-state index is 0.458. The number of hydrogen-bond acceptors (Lipinski definition) is 4. The maximum Gasteiger partial charge on any atom is 0.250 e. The van der Waals surface area contributed by atoms with E-state index in [1.807, 2.05) is 60.7 Å². The third-order valence-electron chi connectivity index (χ3n) is 3.02. The van der Waals surface area contributed by atoms with Crippen LogP contribution in [0, 0.1) is 0 Å². The Morgan fingerprint density at radius 3 is 2.52 bits per heavy atom. The van der Waals surface area contributed by atoms with Gasteiger partial charge in [0.25, 0.3) is 5.89 Å². The fourth-order valence-electron chi connectivity index (χ4n) is 1.97. The van der Waals surface area contributed by atoms with Gasteiger partial charge in [0.05, 0.1) is 7.11 Å². The summed E-state index contributed by atoms with van der Waals surface area (Å²) in [4.78, 5) is 4.35. The summed E-state index contributed by atoms with van der Waals surface area (Å²) in [6, 6.07) is 17.5. The molecule has 0 amide bonds. The molecule has 1 heterocycles. The monoisotopic (exact) mass is 278 g/mol. The molecule has 0 aliphatic rings. The summed E-state index contributed by atoms with van der Waals surface area (Å²) in [7, 11) is 1.65. The van der Waals surface area contributed by atoms with Gasteiger partial charge in [0, 0.05) is 17.2 Å². The lowest BCUT2D eigenvalue weighted by atomic mass is 10.2. The lowest BCUT2D eigenvalue weighted by Gasteiger charge is -2.02. The zero-order chi connectivity index (χ0) is 14.5. The molecule has 0 saturated carbocycles. The van der Waals surface area contributed by atoms with Crippen molar-refractivity contribution in [1.82, 2.24) is 10.1 Å². The van der Waals surface area contributed by atoms with Crippen molar-refractivity contribution in [3.05, 3.63) is 66.1 Å². The molecule has 0 unspecified atom stereocenters. The van der Waals surface area contributed by atoms with E-state index in [1.165, 1.54) is 0 Å². The minimum Gasteiger partial charge on any atom is -0.496 e. The SMILES string of the molecule is COc1ccccc1/C=C/c1nc(-c2ccccc2)no1. The molecule has 0 fully saturated rings. The Hall–Kier alpha value is -2.88. The highest BCUT2D eigenvalue weighted by Gasteiger charge is 2.05. The van der Waals surface area contributed by atoms with Crippen LogP contribution in [0.25, 0.3) is 23.5 Å². The van der Waals surface area contributed by atoms with E-state index in [0.717, 1.165) is 16.9 Å². The van der Waals surface area contributed by atoms with Crippen LogP contribution < -0.4 is 4.74 Å². The number of aromatic nitrogens is 2. The zero-order valence-electron chi connectivity index (χ0n) is 11.6. The van der Waals surface area contributed by atoms with Gasteiger partial charge in [-0.25, -0.2) is 0 Å². The van der Waals surface area contributed by atoms with Crippen LogP contribution in [0.4, 0.5) is 0 Å². The highest BCUT2D eigenvalue weighted by molar-refractivity contribution is 5.70. The van der Waals surface area contributed by atoms with Crippen LogP contribution in [-0.2, 0) is 0 Å². The average Bonchev–Trinajstić information content (AvgIpc) is 3.03. The molecular formula is C17H14N2O2. The molecule has 104 valence electrons. The number of nitrogens with zero attached hydrogens (tertiary/aromatic N) is 2. The van der Waals surface area contributed by atoms with Gasteiger partial charge >= 0.3 is 0 Å². The lowest BCUT2D eigenvalue weighted by Crippen LogP contribution is -1.85. The van der Waals surface area contributed by atoms with Crippen LogP contribution >= 0.6 is 0 Å². The molecule has 0 spiro atoms. The smallest absolute Gasteiger partial charge is 0.250 e. The van der Waals surface area contributed by atoms with E-state index >= 15 is 0 Å². The van der Waals surface area contributed by atoms with Gasteiger partial charge in [-0.2, -0.15) is 4.98 Å². The summed E-state index contributed by atoms with van der Waals surface area (Å²) in [5.74, 6) is 1.84. The standard InChI is InChI=1S/C17H14N2O2/c1-20-15-10-6-5-7-13(15)11-12-16-18-17(19-21-16)14-8-3-2-4-9-14/h2-12H,1H3/b12-11+. The Kier molecular flexibility index (Phi) is 3.78. The molecule has 0 N–H and O–H groups in total. The van der Waals surface area contributed by atoms with E-state index in [9.17, 15) is 0 Å². The molecule has 21 heavy (non-hydrogen) atoms. The van der Waals surface area contributed by atoms with Gasteiger partial charge in [-0.15, -0.1) is 0 Å². The predicted molar refractivity (Wildman–Crippen MR) is 81.7 cm³/mol. The Morgan fingerprint density at radius 2 is 1.71 bits per heavy atom. The Labute approximate surface area is 122 Å². The first-order chi connectivity index (χ1) is 10.4. The van der Waals surface area contributed by atoms with Gasteiger partial charge in [0.2, 0.25) is 5.82 Å². The molecule has 0 radical (unpaired) electrons. The summed E-state index contributed by atoms with van der Waals surface area (Å²) in [5, 5.41) is 3.97. The van der Waals surface area contributed by atoms with E-state index in [0.29, 0.717) is 11.7 Å². The summed E-state index contributed by atoms with van der Waals surface area (Å²) in [5.41, 5.74) is 1.89. The number of methoxy groups -OCH3 is 1. The van der Waals surface area contributed by atoms with E-state index in [-0.39, 0.29) is 0 Å². The van der Waals surface area contributed by atoms with E-state index in [1.54, 1.807) is 13.2 Å². The number of benzene rings is 2. The van der Waals surface area contributed by atoms with Gasteiger partial charge in [-0.3, -0.25) is 0 Å². The van der Waals surface area contributed by atoms with Gasteiger partial charge in [0.15, 0.2) is 0 Å². The number of hydrogen-bond donors (Lipinski definition) is 0. The average molecular weight is 278 g/mol. The summed E-state index contributed by atoms with van der Waals surface area (Å²) < 4.78 is 10.5. The van der Waals surface area contributed by atoms with Crippen molar-refractivity contribution in [3.63, 3.8) is 0 Å². The van der Waals surface area contributed by atoms with Crippen molar-refractivity contribution in [1.29, 1.82) is 0 Å². The van der Waals surface area contributed by atoms with Crippen LogP contribution in [0.5, 0.6) is 5.75 Å². The first-order valence-corrected chi connectivity index (χ1v) is 6.57. The second-order valence-corrected chi connectivity index (χ2v) is 4.40. The van der Waals surface area contributed by atoms with Crippen LogP contribution in [0.15, 0.2) is 59.1 Å². The molecular weight excluding hydrogens is 264 g/mol. The Balaban J connectivity index is 1.83. The molecule has 4 nitrogen and oxygen atoms in total. The van der Waals surface area contributed by atoms with Crippen molar-refractivity contribution in [2.24, 2.45) is 0 Å². The fraction of sp³-hybridized carbons (Fsp3) is 0.0588. The summed E-state index contributed by atoms with van der Waals surface area (Å²) in [6.07, 6.45) is 3.67. The fourth-order valence-corrected chi connectivity index (χ4v) is 1.97. The van der Waals surface area contributed by atoms with Crippen molar-refractivity contribution >= 4 is 12.2 Å². The first kappa shape index (κ1) is 13.1. The molecule has 3 rings (SSSR count). The van der Waals surface area contributed by atoms with Gasteiger partial charge in [-0.05, 0) is 12.1 Å². The van der Waals surface area contributed by atoms with Gasteiger partial charge < -0.3 is 9.26 Å². The minimum atomic E-state index is 0.458. The van der Waals surface area contributed by atoms with Crippen LogP contribution in [0.3, 0.4) is 0 Å². The molecule has 3 aromatic rings. The third kappa shape index (κ3) is 3.00. The number of rotatable bonds is 4. The van der Waals surface area contributed by atoms with Crippen molar-refractivity contribution < 1.29 is 9.26 Å². The maximum atomic E-state index is 5.29. The lowest BCUT2D eigenvalue weighted by molar-refractivity contribution is 0.411. The summed E-state index contributed by atoms with van der Waals surface area (Å²) >= 11 is 0. The molecule has 1 aromatic heterocycles. The molecule has 2 aromatic carbocycles. The topological polar surface area (TPSA) is 48.2 Å². The Morgan fingerprint density at radius 1 is 0.952 bits per heavy atom. The highest BCUT2D eigenvalue weighted by atomic mass is 16.5. The van der Waals surface area contributed by atoms with Crippen LogP contribution in [0.1, 0.15) is 11.5 Å². The second-order valence-electron chi connectivity index (χ2n) is 4.40. The van der Waals surface area contributed by atoms with E-state index < -0.39 is 0 Å². The molecule has 0 aliphatic carbocycles. The normalized spacial score (nSPS) is 10.9. The maximum absolute atomic E-state index is 5.29. The molecule has 0 saturated heterocycles. The quantitative estimate of drug-likeness (QED) is 0.725. The second kappa shape index (κ2) is 6.05. The number of para-hydroxylation sites is 1. The molecule has 0 bridgehead atoms. The van der Waals surface area contributed by atoms with Crippen molar-refractivity contribution in [3.8, 4) is 17.1 Å². The highest BCUT2D eigenvalue weighted by Crippen LogP contribution is 2.20. The Bertz CT molecular complexity index is 748. The summed E-state index contributed by atoms with van der Waals surface area (Å²) in [6.45, 7) is 0. The van der Waals surface area contributed by atoms with E-state index in [2.05, 4.69) is 10.1 Å². The zero-order valence-corrected chi connectivity index (χ0v) is 11.6. The van der Waals surface area contributed by atoms with Crippen LogP contribution in [-0.4, -0.2) is 17.3 Å². The first-order valence-electron chi connectivity index (χ1n) is 6.57. The van der Waals surface area contributed by atoms with Crippen molar-refractivity contribution in [2.75, 3.05) is 7.11 Å². The van der Waals surface area contributed by atoms with Gasteiger partial charge in [-0.1, -0.05) is 53.7 Å². The molecule has 0 atom stereocenters. The van der Waals surface area contributed by atoms with Gasteiger partial charge in [0.1, 0.15) is 5.75 Å².